The van der Waals surface area contributed by atoms with Gasteiger partial charge in [0.1, 0.15) is 0 Å². The van der Waals surface area contributed by atoms with Crippen LogP contribution in [0.25, 0.3) is 11.3 Å². The van der Waals surface area contributed by atoms with Crippen LogP contribution in [0.2, 0.25) is 0 Å². The van der Waals surface area contributed by atoms with Crippen molar-refractivity contribution in [2.45, 2.75) is 6.54 Å². The molecular weight excluding hydrogens is 288 g/mol. The number of hydrogen-bond donors (Lipinski definition) is 2. The number of rotatable bonds is 4. The molecule has 0 radical (unpaired) electrons. The van der Waals surface area contributed by atoms with Crippen molar-refractivity contribution in [1.82, 2.24) is 15.3 Å². The lowest BCUT2D eigenvalue weighted by Crippen LogP contribution is -2.23. The van der Waals surface area contributed by atoms with Crippen molar-refractivity contribution in [2.24, 2.45) is 0 Å². The van der Waals surface area contributed by atoms with Crippen LogP contribution in [0.3, 0.4) is 0 Å². The molecule has 3 aromatic rings. The van der Waals surface area contributed by atoms with Gasteiger partial charge in [-0.1, -0.05) is 30.3 Å². The van der Waals surface area contributed by atoms with Crippen LogP contribution >= 0.6 is 0 Å². The Morgan fingerprint density at radius 3 is 2.61 bits per heavy atom. The van der Waals surface area contributed by atoms with Gasteiger partial charge in [-0.05, 0) is 23.8 Å². The minimum Gasteiger partial charge on any atom is -0.397 e. The summed E-state index contributed by atoms with van der Waals surface area (Å²) in [5.74, 6) is -0.203. The molecule has 0 fully saturated rings. The average Bonchev–Trinajstić information content (AvgIpc) is 2.61. The maximum Gasteiger partial charge on any atom is 0.253 e. The average molecular weight is 304 g/mol. The molecule has 0 bridgehead atoms. The van der Waals surface area contributed by atoms with Crippen molar-refractivity contribution in [2.75, 3.05) is 5.73 Å². The van der Waals surface area contributed by atoms with Crippen molar-refractivity contribution in [3.8, 4) is 11.3 Å². The van der Waals surface area contributed by atoms with E-state index >= 15 is 0 Å². The van der Waals surface area contributed by atoms with Gasteiger partial charge in [-0.15, -0.1) is 0 Å². The number of hydrogen-bond acceptors (Lipinski definition) is 4. The van der Waals surface area contributed by atoms with Crippen molar-refractivity contribution in [3.05, 3.63) is 78.2 Å². The van der Waals surface area contributed by atoms with Crippen LogP contribution in [0, 0.1) is 0 Å². The van der Waals surface area contributed by atoms with Gasteiger partial charge in [-0.3, -0.25) is 14.8 Å². The van der Waals surface area contributed by atoms with Crippen molar-refractivity contribution in [1.29, 1.82) is 0 Å². The zero-order valence-corrected chi connectivity index (χ0v) is 12.4. The number of nitrogens with two attached hydrogens (primary N) is 1. The van der Waals surface area contributed by atoms with Crippen LogP contribution in [-0.4, -0.2) is 15.9 Å². The first-order valence-electron chi connectivity index (χ1n) is 7.22. The lowest BCUT2D eigenvalue weighted by Gasteiger charge is -2.08. The Bertz CT molecular complexity index is 804. The quantitative estimate of drug-likeness (QED) is 0.776. The van der Waals surface area contributed by atoms with Crippen LogP contribution in [-0.2, 0) is 6.54 Å². The zero-order valence-electron chi connectivity index (χ0n) is 12.4. The van der Waals surface area contributed by atoms with Crippen LogP contribution in [0.5, 0.6) is 0 Å². The molecule has 0 saturated carbocycles. The highest BCUT2D eigenvalue weighted by Gasteiger charge is 2.10. The van der Waals surface area contributed by atoms with Gasteiger partial charge in [-0.25, -0.2) is 0 Å². The van der Waals surface area contributed by atoms with Gasteiger partial charge in [-0.2, -0.15) is 0 Å². The summed E-state index contributed by atoms with van der Waals surface area (Å²) in [6, 6.07) is 15.0. The van der Waals surface area contributed by atoms with Crippen LogP contribution in [0.1, 0.15) is 15.9 Å². The van der Waals surface area contributed by atoms with Gasteiger partial charge in [0.15, 0.2) is 0 Å². The second kappa shape index (κ2) is 6.70. The van der Waals surface area contributed by atoms with E-state index in [9.17, 15) is 4.79 Å². The SMILES string of the molecule is Nc1cc(C(=O)NCc2ccccc2)cnc1-c1cccnc1. The highest BCUT2D eigenvalue weighted by atomic mass is 16.1. The second-order valence-corrected chi connectivity index (χ2v) is 5.07. The Balaban J connectivity index is 1.73. The smallest absolute Gasteiger partial charge is 0.253 e. The number of aromatic nitrogens is 2. The molecule has 0 aliphatic rings. The fourth-order valence-electron chi connectivity index (χ4n) is 2.23. The largest absolute Gasteiger partial charge is 0.397 e. The molecule has 5 heteroatoms. The number of carbonyl (C=O) groups is 1. The number of nitrogens with one attached hydrogen (secondary N) is 1. The van der Waals surface area contributed by atoms with E-state index in [4.69, 9.17) is 5.73 Å². The Hall–Kier alpha value is -3.21. The fourth-order valence-corrected chi connectivity index (χ4v) is 2.23. The molecule has 0 saturated heterocycles. The lowest BCUT2D eigenvalue weighted by atomic mass is 10.1. The van der Waals surface area contributed by atoms with Crippen LogP contribution < -0.4 is 11.1 Å². The summed E-state index contributed by atoms with van der Waals surface area (Å²) in [7, 11) is 0. The first kappa shape index (κ1) is 14.7. The Morgan fingerprint density at radius 2 is 1.91 bits per heavy atom. The molecule has 0 aliphatic carbocycles. The second-order valence-electron chi connectivity index (χ2n) is 5.07. The predicted molar refractivity (Wildman–Crippen MR) is 89.5 cm³/mol. The maximum atomic E-state index is 12.2. The number of nitrogen functional groups attached to an aromatic ring is 1. The third-order valence-electron chi connectivity index (χ3n) is 3.41. The van der Waals surface area contributed by atoms with Crippen LogP contribution in [0.4, 0.5) is 5.69 Å². The molecule has 23 heavy (non-hydrogen) atoms. The first-order chi connectivity index (χ1) is 11.2. The van der Waals surface area contributed by atoms with E-state index in [2.05, 4.69) is 15.3 Å². The molecule has 2 aromatic heterocycles. The molecule has 114 valence electrons. The molecule has 1 aromatic carbocycles. The number of carbonyl (C=O) groups excluding carboxylic acids is 1. The van der Waals surface area contributed by atoms with Gasteiger partial charge >= 0.3 is 0 Å². The topological polar surface area (TPSA) is 80.9 Å². The highest BCUT2D eigenvalue weighted by molar-refractivity contribution is 5.95. The number of nitrogens with zero attached hydrogens (tertiary/aromatic N) is 2. The van der Waals surface area contributed by atoms with Gasteiger partial charge in [0.25, 0.3) is 5.91 Å². The maximum absolute atomic E-state index is 12.2. The van der Waals surface area contributed by atoms with Crippen LogP contribution in [0.15, 0.2) is 67.1 Å². The summed E-state index contributed by atoms with van der Waals surface area (Å²) in [6.07, 6.45) is 4.90. The summed E-state index contributed by atoms with van der Waals surface area (Å²) in [6.45, 7) is 0.462. The van der Waals surface area contributed by atoms with E-state index in [1.165, 1.54) is 6.20 Å². The van der Waals surface area contributed by atoms with Gasteiger partial charge in [0, 0.05) is 30.7 Å². The molecule has 0 atom stereocenters. The van der Waals surface area contributed by atoms with Crippen molar-refractivity contribution in [3.63, 3.8) is 0 Å². The first-order valence-corrected chi connectivity index (χ1v) is 7.22. The van der Waals surface area contributed by atoms with E-state index in [0.29, 0.717) is 23.5 Å². The minimum absolute atomic E-state index is 0.203. The number of amides is 1. The van der Waals surface area contributed by atoms with E-state index in [1.54, 1.807) is 18.5 Å². The lowest BCUT2D eigenvalue weighted by molar-refractivity contribution is 0.0950. The Labute approximate surface area is 134 Å². The number of pyridine rings is 2. The highest BCUT2D eigenvalue weighted by Crippen LogP contribution is 2.23. The van der Waals surface area contributed by atoms with Crippen molar-refractivity contribution < 1.29 is 4.79 Å². The summed E-state index contributed by atoms with van der Waals surface area (Å²) in [5.41, 5.74) is 9.39. The summed E-state index contributed by atoms with van der Waals surface area (Å²) >= 11 is 0. The molecular formula is C18H16N4O. The standard InChI is InChI=1S/C18H16N4O/c19-16-9-15(12-21-17(16)14-7-4-8-20-11-14)18(23)22-10-13-5-2-1-3-6-13/h1-9,11-12H,10,19H2,(H,22,23). The number of benzene rings is 1. The molecule has 3 rings (SSSR count). The minimum atomic E-state index is -0.203. The summed E-state index contributed by atoms with van der Waals surface area (Å²) in [4.78, 5) is 20.5. The van der Waals surface area contributed by atoms with Gasteiger partial charge < -0.3 is 11.1 Å². The number of anilines is 1. The molecule has 0 unspecified atom stereocenters. The molecule has 0 aliphatic heterocycles. The molecule has 1 amide bonds. The third kappa shape index (κ3) is 3.52. The fraction of sp³-hybridized carbons (Fsp3) is 0.0556. The van der Waals surface area contributed by atoms with Gasteiger partial charge in [0.05, 0.1) is 16.9 Å². The predicted octanol–water partition coefficient (Wildman–Crippen LogP) is 2.66. The van der Waals surface area contributed by atoms with E-state index in [0.717, 1.165) is 11.1 Å². The van der Waals surface area contributed by atoms with E-state index in [-0.39, 0.29) is 5.91 Å². The van der Waals surface area contributed by atoms with E-state index in [1.807, 2.05) is 42.5 Å². The molecule has 0 spiro atoms. The summed E-state index contributed by atoms with van der Waals surface area (Å²) < 4.78 is 0. The zero-order chi connectivity index (χ0) is 16.1. The van der Waals surface area contributed by atoms with Crippen molar-refractivity contribution >= 4 is 11.6 Å². The molecule has 3 N–H and O–H groups in total. The monoisotopic (exact) mass is 304 g/mol. The Kier molecular flexibility index (Phi) is 4.29. The third-order valence-corrected chi connectivity index (χ3v) is 3.41. The summed E-state index contributed by atoms with van der Waals surface area (Å²) in [5, 5.41) is 2.85. The normalized spacial score (nSPS) is 10.3. The van der Waals surface area contributed by atoms with E-state index < -0.39 is 0 Å². The molecule has 2 heterocycles. The Morgan fingerprint density at radius 1 is 1.09 bits per heavy atom. The molecule has 5 nitrogen and oxygen atoms in total. The van der Waals surface area contributed by atoms with Gasteiger partial charge in [0.2, 0.25) is 0 Å².